The molecule has 2 N–H and O–H groups in total. The minimum absolute atomic E-state index is 0.00436. The smallest absolute Gasteiger partial charge is 0.333 e. The van der Waals surface area contributed by atoms with E-state index in [2.05, 4.69) is 0 Å². The molecule has 1 aromatic carbocycles. The van der Waals surface area contributed by atoms with Gasteiger partial charge in [0.1, 0.15) is 16.6 Å². The van der Waals surface area contributed by atoms with Gasteiger partial charge in [-0.05, 0) is 32.0 Å². The number of primary amides is 1. The van der Waals surface area contributed by atoms with Gasteiger partial charge in [-0.2, -0.15) is 4.31 Å². The lowest BCUT2D eigenvalue weighted by Gasteiger charge is -2.35. The summed E-state index contributed by atoms with van der Waals surface area (Å²) in [6.45, 7) is 4.83. The average Bonchev–Trinajstić information content (AvgIpc) is 3.29. The second kappa shape index (κ2) is 8.85. The van der Waals surface area contributed by atoms with Gasteiger partial charge in [-0.1, -0.05) is 17.7 Å². The standard InChI is InChI=1S/C22H28N6O5S/c1-15-4-6-17(7-5-15)28-16(2)21(30)27(22(28)31)14-25-8-10-26(11-9-25)34(32,33)18-12-19(20(23)29)24(3)13-18/h4-7,12-13,16H,8-11,14H2,1-3H3,(H2,23,29)/t16-/m1/s1. The Morgan fingerprint density at radius 2 is 1.71 bits per heavy atom. The largest absolute Gasteiger partial charge is 0.364 e. The Morgan fingerprint density at radius 1 is 1.09 bits per heavy atom. The number of nitrogens with two attached hydrogens (primary N) is 1. The van der Waals surface area contributed by atoms with E-state index >= 15 is 0 Å². The number of carbonyl (C=O) groups excluding carboxylic acids is 3. The molecular weight excluding hydrogens is 460 g/mol. The van der Waals surface area contributed by atoms with Crippen LogP contribution < -0.4 is 10.6 Å². The first kappa shape index (κ1) is 23.9. The second-order valence-electron chi connectivity index (χ2n) is 8.63. The van der Waals surface area contributed by atoms with Gasteiger partial charge in [0.15, 0.2) is 0 Å². The van der Waals surface area contributed by atoms with E-state index in [0.29, 0.717) is 18.8 Å². The van der Waals surface area contributed by atoms with Gasteiger partial charge in [-0.15, -0.1) is 0 Å². The number of aryl methyl sites for hydroxylation is 2. The fourth-order valence-corrected chi connectivity index (χ4v) is 5.77. The molecule has 2 aromatic rings. The van der Waals surface area contributed by atoms with Crippen molar-refractivity contribution in [2.24, 2.45) is 12.8 Å². The monoisotopic (exact) mass is 488 g/mol. The molecule has 0 bridgehead atoms. The lowest BCUT2D eigenvalue weighted by Crippen LogP contribution is -2.52. The van der Waals surface area contributed by atoms with Crippen LogP contribution in [-0.4, -0.2) is 83.8 Å². The van der Waals surface area contributed by atoms with Crippen molar-refractivity contribution in [2.75, 3.05) is 37.7 Å². The molecule has 2 fully saturated rings. The quantitative estimate of drug-likeness (QED) is 0.592. The Bertz CT molecular complexity index is 1230. The van der Waals surface area contributed by atoms with Crippen LogP contribution >= 0.6 is 0 Å². The summed E-state index contributed by atoms with van der Waals surface area (Å²) in [6.07, 6.45) is 1.37. The predicted molar refractivity (Wildman–Crippen MR) is 124 cm³/mol. The Kier molecular flexibility index (Phi) is 6.23. The van der Waals surface area contributed by atoms with Crippen molar-refractivity contribution in [3.05, 3.63) is 47.8 Å². The first-order valence-corrected chi connectivity index (χ1v) is 12.3. The summed E-state index contributed by atoms with van der Waals surface area (Å²) in [6, 6.07) is 7.68. The maximum Gasteiger partial charge on any atom is 0.333 e. The Morgan fingerprint density at radius 3 is 2.26 bits per heavy atom. The number of nitrogens with zero attached hydrogens (tertiary/aromatic N) is 5. The molecule has 4 rings (SSSR count). The number of aromatic nitrogens is 1. The van der Waals surface area contributed by atoms with Crippen LogP contribution in [-0.2, 0) is 21.9 Å². The lowest BCUT2D eigenvalue weighted by molar-refractivity contribution is -0.128. The summed E-state index contributed by atoms with van der Waals surface area (Å²) in [4.78, 5) is 41.9. The highest BCUT2D eigenvalue weighted by atomic mass is 32.2. The third-order valence-electron chi connectivity index (χ3n) is 6.30. The van der Waals surface area contributed by atoms with Crippen LogP contribution in [0.2, 0.25) is 0 Å². The Hall–Kier alpha value is -3.22. The summed E-state index contributed by atoms with van der Waals surface area (Å²) in [5.41, 5.74) is 7.12. The van der Waals surface area contributed by atoms with Crippen molar-refractivity contribution in [3.63, 3.8) is 0 Å². The zero-order valence-electron chi connectivity index (χ0n) is 19.3. The minimum atomic E-state index is -3.80. The molecule has 12 heteroatoms. The number of carbonyl (C=O) groups is 3. The summed E-state index contributed by atoms with van der Waals surface area (Å²) < 4.78 is 28.7. The molecule has 2 aliphatic heterocycles. The van der Waals surface area contributed by atoms with Crippen molar-refractivity contribution in [3.8, 4) is 0 Å². The number of hydrogen-bond donors (Lipinski definition) is 1. The van der Waals surface area contributed by atoms with Crippen molar-refractivity contribution in [1.29, 1.82) is 0 Å². The fraction of sp³-hybridized carbons (Fsp3) is 0.409. The molecule has 1 atom stereocenters. The number of piperazine rings is 1. The van der Waals surface area contributed by atoms with Gasteiger partial charge in [-0.25, -0.2) is 18.1 Å². The van der Waals surface area contributed by atoms with Gasteiger partial charge in [0.25, 0.3) is 11.8 Å². The number of sulfonamides is 1. The lowest BCUT2D eigenvalue weighted by atomic mass is 10.2. The zero-order chi connectivity index (χ0) is 24.8. The summed E-state index contributed by atoms with van der Waals surface area (Å²) >= 11 is 0. The predicted octanol–water partition coefficient (Wildman–Crippen LogP) is 0.554. The number of urea groups is 1. The molecule has 1 aromatic heterocycles. The van der Waals surface area contributed by atoms with Gasteiger partial charge in [0.05, 0.1) is 6.67 Å². The van der Waals surface area contributed by atoms with Crippen LogP contribution in [0.3, 0.4) is 0 Å². The van der Waals surface area contributed by atoms with Gasteiger partial charge < -0.3 is 10.3 Å². The van der Waals surface area contributed by atoms with Crippen LogP contribution in [0.4, 0.5) is 10.5 Å². The van der Waals surface area contributed by atoms with E-state index in [4.69, 9.17) is 5.73 Å². The van der Waals surface area contributed by atoms with E-state index in [0.717, 1.165) is 5.56 Å². The molecule has 182 valence electrons. The molecule has 2 saturated heterocycles. The molecule has 3 heterocycles. The van der Waals surface area contributed by atoms with Crippen LogP contribution in [0.5, 0.6) is 0 Å². The molecule has 0 spiro atoms. The number of benzene rings is 1. The highest BCUT2D eigenvalue weighted by Gasteiger charge is 2.44. The molecule has 0 saturated carbocycles. The second-order valence-corrected chi connectivity index (χ2v) is 10.6. The van der Waals surface area contributed by atoms with E-state index in [1.807, 2.05) is 36.1 Å². The SMILES string of the molecule is Cc1ccc(N2C(=O)N(CN3CCN(S(=O)(=O)c4cc(C(N)=O)n(C)c4)CC3)C(=O)[C@H]2C)cc1. The van der Waals surface area contributed by atoms with Gasteiger partial charge in [-0.3, -0.25) is 19.4 Å². The molecule has 11 nitrogen and oxygen atoms in total. The van der Waals surface area contributed by atoms with Crippen LogP contribution in [0.25, 0.3) is 0 Å². The normalized spacial score (nSPS) is 20.4. The van der Waals surface area contributed by atoms with Crippen LogP contribution in [0.1, 0.15) is 23.0 Å². The number of hydrogen-bond acceptors (Lipinski definition) is 6. The van der Waals surface area contributed by atoms with Crippen molar-refractivity contribution in [2.45, 2.75) is 24.8 Å². The molecule has 34 heavy (non-hydrogen) atoms. The van der Waals surface area contributed by atoms with E-state index in [1.165, 1.54) is 30.9 Å². The number of rotatable bonds is 6. The maximum absolute atomic E-state index is 13.0. The maximum atomic E-state index is 13.0. The van der Waals surface area contributed by atoms with E-state index in [1.54, 1.807) is 14.0 Å². The third kappa shape index (κ3) is 4.19. The van der Waals surface area contributed by atoms with Gasteiger partial charge in [0.2, 0.25) is 10.0 Å². The fourth-order valence-electron chi connectivity index (χ4n) is 4.28. The molecule has 2 aliphatic rings. The first-order valence-electron chi connectivity index (χ1n) is 10.9. The number of amides is 4. The summed E-state index contributed by atoms with van der Waals surface area (Å²) in [5, 5.41) is 0. The Labute approximate surface area is 198 Å². The molecular formula is C22H28N6O5S. The van der Waals surface area contributed by atoms with E-state index in [-0.39, 0.29) is 42.3 Å². The van der Waals surface area contributed by atoms with Crippen molar-refractivity contribution < 1.29 is 22.8 Å². The van der Waals surface area contributed by atoms with Gasteiger partial charge >= 0.3 is 6.03 Å². The van der Waals surface area contributed by atoms with Gasteiger partial charge in [0, 0.05) is 45.1 Å². The van der Waals surface area contributed by atoms with Crippen molar-refractivity contribution in [1.82, 2.24) is 18.7 Å². The highest BCUT2D eigenvalue weighted by molar-refractivity contribution is 7.89. The summed E-state index contributed by atoms with van der Waals surface area (Å²) in [7, 11) is -2.25. The summed E-state index contributed by atoms with van der Waals surface area (Å²) in [5.74, 6) is -0.994. The van der Waals surface area contributed by atoms with E-state index in [9.17, 15) is 22.8 Å². The topological polar surface area (TPSA) is 129 Å². The molecule has 4 amide bonds. The molecule has 0 aliphatic carbocycles. The van der Waals surface area contributed by atoms with E-state index < -0.39 is 22.0 Å². The third-order valence-corrected chi connectivity index (χ3v) is 8.17. The molecule has 0 unspecified atom stereocenters. The Balaban J connectivity index is 1.41. The van der Waals surface area contributed by atoms with Crippen LogP contribution in [0.15, 0.2) is 41.4 Å². The average molecular weight is 489 g/mol. The zero-order valence-corrected chi connectivity index (χ0v) is 20.2. The first-order chi connectivity index (χ1) is 16.0. The minimum Gasteiger partial charge on any atom is -0.364 e. The highest BCUT2D eigenvalue weighted by Crippen LogP contribution is 2.27. The van der Waals surface area contributed by atoms with Crippen molar-refractivity contribution >= 4 is 33.6 Å². The number of imide groups is 1. The number of anilines is 1. The van der Waals surface area contributed by atoms with Crippen LogP contribution in [0, 0.1) is 6.92 Å². The molecule has 0 radical (unpaired) electrons.